The van der Waals surface area contributed by atoms with Gasteiger partial charge in [-0.1, -0.05) is 24.3 Å². The number of ether oxygens (including phenoxy) is 1. The van der Waals surface area contributed by atoms with Crippen molar-refractivity contribution in [3.05, 3.63) is 65.2 Å². The van der Waals surface area contributed by atoms with Crippen LogP contribution in [-0.4, -0.2) is 13.0 Å². The Hall–Kier alpha value is -2.29. The molecule has 0 bridgehead atoms. The molecule has 0 fully saturated rings. The fraction of sp³-hybridized carbons (Fsp3) is 0.235. The van der Waals surface area contributed by atoms with E-state index in [0.29, 0.717) is 5.56 Å². The molecule has 0 spiro atoms. The number of methoxy groups -OCH3 is 1. The molecule has 2 aromatic rings. The predicted octanol–water partition coefficient (Wildman–Crippen LogP) is 3.11. The van der Waals surface area contributed by atoms with E-state index in [2.05, 4.69) is 11.4 Å². The zero-order valence-electron chi connectivity index (χ0n) is 11.4. The lowest BCUT2D eigenvalue weighted by Gasteiger charge is -2.15. The third-order valence-corrected chi connectivity index (χ3v) is 3.77. The Balaban J connectivity index is 1.80. The Morgan fingerprint density at radius 2 is 2.00 bits per heavy atom. The van der Waals surface area contributed by atoms with Crippen LogP contribution in [-0.2, 0) is 6.42 Å². The highest BCUT2D eigenvalue weighted by Crippen LogP contribution is 2.33. The highest BCUT2D eigenvalue weighted by Gasteiger charge is 2.24. The average molecular weight is 267 g/mol. The molecule has 0 saturated carbocycles. The number of carbonyl (C=O) groups is 1. The van der Waals surface area contributed by atoms with E-state index in [1.54, 1.807) is 7.11 Å². The lowest BCUT2D eigenvalue weighted by Crippen LogP contribution is -2.27. The molecule has 2 aromatic carbocycles. The van der Waals surface area contributed by atoms with Crippen LogP contribution in [0.15, 0.2) is 48.5 Å². The lowest BCUT2D eigenvalue weighted by molar-refractivity contribution is 0.0936. The van der Waals surface area contributed by atoms with Crippen LogP contribution in [0, 0.1) is 0 Å². The Labute approximate surface area is 118 Å². The molecule has 1 aliphatic rings. The van der Waals surface area contributed by atoms with Crippen LogP contribution in [0.5, 0.6) is 5.75 Å². The Morgan fingerprint density at radius 3 is 2.75 bits per heavy atom. The van der Waals surface area contributed by atoms with Crippen molar-refractivity contribution in [3.63, 3.8) is 0 Å². The van der Waals surface area contributed by atoms with Crippen LogP contribution in [0.2, 0.25) is 0 Å². The van der Waals surface area contributed by atoms with E-state index in [1.807, 2.05) is 42.5 Å². The van der Waals surface area contributed by atoms with Crippen molar-refractivity contribution >= 4 is 5.91 Å². The van der Waals surface area contributed by atoms with Gasteiger partial charge < -0.3 is 10.1 Å². The molecule has 3 heteroatoms. The summed E-state index contributed by atoms with van der Waals surface area (Å²) in [6.07, 6.45) is 1.94. The molecule has 1 atom stereocenters. The van der Waals surface area contributed by atoms with Crippen LogP contribution < -0.4 is 10.1 Å². The van der Waals surface area contributed by atoms with Crippen molar-refractivity contribution < 1.29 is 9.53 Å². The molecule has 1 N–H and O–H groups in total. The monoisotopic (exact) mass is 267 g/mol. The molecular weight excluding hydrogens is 250 g/mol. The molecule has 1 amide bonds. The molecule has 0 heterocycles. The van der Waals surface area contributed by atoms with Gasteiger partial charge in [0.1, 0.15) is 5.75 Å². The van der Waals surface area contributed by atoms with Gasteiger partial charge in [-0.05, 0) is 48.2 Å². The maximum Gasteiger partial charge on any atom is 0.251 e. The van der Waals surface area contributed by atoms with Gasteiger partial charge in [0.15, 0.2) is 0 Å². The molecule has 20 heavy (non-hydrogen) atoms. The third-order valence-electron chi connectivity index (χ3n) is 3.77. The smallest absolute Gasteiger partial charge is 0.251 e. The zero-order valence-corrected chi connectivity index (χ0v) is 11.4. The zero-order chi connectivity index (χ0) is 13.9. The molecule has 0 aliphatic heterocycles. The number of benzene rings is 2. The average Bonchev–Trinajstić information content (AvgIpc) is 2.90. The van der Waals surface area contributed by atoms with Crippen molar-refractivity contribution in [1.29, 1.82) is 0 Å². The van der Waals surface area contributed by atoms with Gasteiger partial charge in [-0.25, -0.2) is 0 Å². The van der Waals surface area contributed by atoms with E-state index < -0.39 is 0 Å². The summed E-state index contributed by atoms with van der Waals surface area (Å²) in [5, 5.41) is 3.11. The van der Waals surface area contributed by atoms with E-state index >= 15 is 0 Å². The maximum absolute atomic E-state index is 12.2. The molecule has 3 nitrogen and oxygen atoms in total. The van der Waals surface area contributed by atoms with Gasteiger partial charge in [0.05, 0.1) is 13.2 Å². The standard InChI is InChI=1S/C17H17NO2/c1-20-14-9-7-12-8-10-16(15(12)11-14)18-17(19)13-5-3-2-4-6-13/h2-7,9,11,16H,8,10H2,1H3,(H,18,19)/t16-/m1/s1. The Bertz CT molecular complexity index is 622. The number of hydrogen-bond donors (Lipinski definition) is 1. The van der Waals surface area contributed by atoms with E-state index in [4.69, 9.17) is 4.74 Å². The number of amides is 1. The van der Waals surface area contributed by atoms with Gasteiger partial charge in [-0.2, -0.15) is 0 Å². The molecule has 3 rings (SSSR count). The summed E-state index contributed by atoms with van der Waals surface area (Å²) in [5.74, 6) is 0.816. The fourth-order valence-electron chi connectivity index (χ4n) is 2.69. The summed E-state index contributed by atoms with van der Waals surface area (Å²) in [5.41, 5.74) is 3.17. The van der Waals surface area contributed by atoms with E-state index in [1.165, 1.54) is 11.1 Å². The molecular formula is C17H17NO2. The topological polar surface area (TPSA) is 38.3 Å². The van der Waals surface area contributed by atoms with Gasteiger partial charge in [0, 0.05) is 5.56 Å². The first-order valence-electron chi connectivity index (χ1n) is 6.80. The van der Waals surface area contributed by atoms with Crippen molar-refractivity contribution in [2.24, 2.45) is 0 Å². The Kier molecular flexibility index (Phi) is 3.42. The van der Waals surface area contributed by atoms with Gasteiger partial charge >= 0.3 is 0 Å². The quantitative estimate of drug-likeness (QED) is 0.928. The number of rotatable bonds is 3. The van der Waals surface area contributed by atoms with Crippen molar-refractivity contribution in [1.82, 2.24) is 5.32 Å². The summed E-state index contributed by atoms with van der Waals surface area (Å²) in [4.78, 5) is 12.2. The number of carbonyl (C=O) groups excluding carboxylic acids is 1. The van der Waals surface area contributed by atoms with E-state index in [-0.39, 0.29) is 11.9 Å². The second-order valence-electron chi connectivity index (χ2n) is 5.00. The fourth-order valence-corrected chi connectivity index (χ4v) is 2.69. The number of fused-ring (bicyclic) bond motifs is 1. The number of nitrogens with one attached hydrogen (secondary N) is 1. The van der Waals surface area contributed by atoms with Gasteiger partial charge in [0.25, 0.3) is 5.91 Å². The second-order valence-corrected chi connectivity index (χ2v) is 5.00. The van der Waals surface area contributed by atoms with Gasteiger partial charge in [-0.3, -0.25) is 4.79 Å². The normalized spacial score (nSPS) is 16.6. The largest absolute Gasteiger partial charge is 0.497 e. The summed E-state index contributed by atoms with van der Waals surface area (Å²) in [7, 11) is 1.66. The van der Waals surface area contributed by atoms with Crippen LogP contribution in [0.1, 0.15) is 33.9 Å². The van der Waals surface area contributed by atoms with Crippen LogP contribution in [0.4, 0.5) is 0 Å². The first-order valence-corrected chi connectivity index (χ1v) is 6.80. The Morgan fingerprint density at radius 1 is 1.20 bits per heavy atom. The predicted molar refractivity (Wildman–Crippen MR) is 78.0 cm³/mol. The van der Waals surface area contributed by atoms with Crippen molar-refractivity contribution in [2.45, 2.75) is 18.9 Å². The first kappa shape index (κ1) is 12.7. The van der Waals surface area contributed by atoms with Crippen molar-refractivity contribution in [3.8, 4) is 5.75 Å². The van der Waals surface area contributed by atoms with Crippen LogP contribution >= 0.6 is 0 Å². The second kappa shape index (κ2) is 5.37. The van der Waals surface area contributed by atoms with E-state index in [9.17, 15) is 4.79 Å². The van der Waals surface area contributed by atoms with Gasteiger partial charge in [0.2, 0.25) is 0 Å². The summed E-state index contributed by atoms with van der Waals surface area (Å²) in [6, 6.07) is 15.5. The maximum atomic E-state index is 12.2. The molecule has 0 radical (unpaired) electrons. The van der Waals surface area contributed by atoms with Gasteiger partial charge in [-0.15, -0.1) is 0 Å². The highest BCUT2D eigenvalue weighted by molar-refractivity contribution is 5.94. The van der Waals surface area contributed by atoms with E-state index in [0.717, 1.165) is 18.6 Å². The van der Waals surface area contributed by atoms with Crippen LogP contribution in [0.3, 0.4) is 0 Å². The summed E-state index contributed by atoms with van der Waals surface area (Å²) < 4.78 is 5.26. The molecule has 0 saturated heterocycles. The molecule has 0 unspecified atom stereocenters. The highest BCUT2D eigenvalue weighted by atomic mass is 16.5. The lowest BCUT2D eigenvalue weighted by atomic mass is 10.1. The minimum Gasteiger partial charge on any atom is -0.497 e. The third kappa shape index (κ3) is 2.39. The SMILES string of the molecule is COc1ccc2c(c1)[C@H](NC(=O)c1ccccc1)CC2. The summed E-state index contributed by atoms with van der Waals surface area (Å²) >= 11 is 0. The number of aryl methyl sites for hydroxylation is 1. The molecule has 0 aromatic heterocycles. The van der Waals surface area contributed by atoms with Crippen LogP contribution in [0.25, 0.3) is 0 Å². The van der Waals surface area contributed by atoms with Crippen molar-refractivity contribution in [2.75, 3.05) is 7.11 Å². The minimum absolute atomic E-state index is 0.0220. The molecule has 1 aliphatic carbocycles. The summed E-state index contributed by atoms with van der Waals surface area (Å²) in [6.45, 7) is 0. The minimum atomic E-state index is -0.0220. The number of hydrogen-bond acceptors (Lipinski definition) is 2. The molecule has 102 valence electrons. The first-order chi connectivity index (χ1) is 9.78.